The van der Waals surface area contributed by atoms with E-state index in [1.165, 1.54) is 4.88 Å². The van der Waals surface area contributed by atoms with Crippen LogP contribution in [0.5, 0.6) is 5.75 Å². The van der Waals surface area contributed by atoms with Crippen molar-refractivity contribution in [1.82, 2.24) is 9.97 Å². The van der Waals surface area contributed by atoms with Crippen molar-refractivity contribution < 1.29 is 4.74 Å². The maximum atomic E-state index is 6.16. The molecule has 4 nitrogen and oxygen atoms in total. The minimum atomic E-state index is 0.217. The lowest BCUT2D eigenvalue weighted by molar-refractivity contribution is 0.416. The summed E-state index contributed by atoms with van der Waals surface area (Å²) in [6.07, 6.45) is 0.946. The average molecular weight is 368 g/mol. The fourth-order valence-corrected chi connectivity index (χ4v) is 3.61. The highest BCUT2D eigenvalue weighted by Crippen LogP contribution is 2.36. The van der Waals surface area contributed by atoms with Crippen molar-refractivity contribution in [2.24, 2.45) is 0 Å². The van der Waals surface area contributed by atoms with Gasteiger partial charge >= 0.3 is 0 Å². The van der Waals surface area contributed by atoms with E-state index in [4.69, 9.17) is 27.9 Å². The lowest BCUT2D eigenvalue weighted by atomic mass is 10.2. The van der Waals surface area contributed by atoms with Crippen LogP contribution in [0.1, 0.15) is 17.4 Å². The molecule has 7 heteroatoms. The molecule has 120 valence electrons. The van der Waals surface area contributed by atoms with Gasteiger partial charge in [-0.05, 0) is 42.6 Å². The lowest BCUT2D eigenvalue weighted by Gasteiger charge is -2.13. The molecule has 0 bridgehead atoms. The number of halogens is 2. The van der Waals surface area contributed by atoms with E-state index in [1.807, 2.05) is 13.0 Å². The number of aromatic nitrogens is 2. The molecule has 23 heavy (non-hydrogen) atoms. The van der Waals surface area contributed by atoms with E-state index in [0.717, 1.165) is 27.9 Å². The summed E-state index contributed by atoms with van der Waals surface area (Å²) in [7, 11) is 1.61. The Morgan fingerprint density at radius 2 is 2.00 bits per heavy atom. The number of anilines is 2. The summed E-state index contributed by atoms with van der Waals surface area (Å²) < 4.78 is 5.40. The molecule has 0 atom stereocenters. The lowest BCUT2D eigenvalue weighted by Crippen LogP contribution is -1.99. The fourth-order valence-electron chi connectivity index (χ4n) is 2.27. The van der Waals surface area contributed by atoms with Crippen molar-refractivity contribution in [2.75, 3.05) is 12.4 Å². The van der Waals surface area contributed by atoms with E-state index in [0.29, 0.717) is 16.6 Å². The van der Waals surface area contributed by atoms with Crippen molar-refractivity contribution in [3.63, 3.8) is 0 Å². The van der Waals surface area contributed by atoms with E-state index >= 15 is 0 Å². The third kappa shape index (κ3) is 3.22. The summed E-state index contributed by atoms with van der Waals surface area (Å²) in [6.45, 7) is 4.05. The summed E-state index contributed by atoms with van der Waals surface area (Å²) in [5.74, 6) is 1.31. The van der Waals surface area contributed by atoms with Crippen LogP contribution in [0, 0.1) is 6.92 Å². The molecule has 0 aliphatic carbocycles. The predicted octanol–water partition coefficient (Wildman–Crippen LogP) is 5.62. The highest BCUT2D eigenvalue weighted by Gasteiger charge is 2.14. The van der Waals surface area contributed by atoms with Gasteiger partial charge in [0.1, 0.15) is 16.4 Å². The van der Waals surface area contributed by atoms with Gasteiger partial charge in [0.25, 0.3) is 0 Å². The highest BCUT2D eigenvalue weighted by molar-refractivity contribution is 7.18. The first-order valence-electron chi connectivity index (χ1n) is 7.09. The summed E-state index contributed by atoms with van der Waals surface area (Å²) in [5.41, 5.74) is 1.74. The number of aryl methyl sites for hydroxylation is 2. The Labute approximate surface area is 148 Å². The first-order valence-corrected chi connectivity index (χ1v) is 8.66. The van der Waals surface area contributed by atoms with Gasteiger partial charge in [0.2, 0.25) is 5.28 Å². The SMILES string of the molecule is CCc1cc2c(Nc3cc(C)c(Cl)cc3OC)nc(Cl)nc2s1. The van der Waals surface area contributed by atoms with Crippen LogP contribution in [0.3, 0.4) is 0 Å². The Balaban J connectivity index is 2.11. The normalized spacial score (nSPS) is 11.0. The number of rotatable bonds is 4. The second kappa shape index (κ2) is 6.51. The molecule has 0 saturated heterocycles. The molecular formula is C16H15Cl2N3OS. The second-order valence-corrected chi connectivity index (χ2v) is 6.91. The van der Waals surface area contributed by atoms with E-state index in [-0.39, 0.29) is 5.28 Å². The van der Waals surface area contributed by atoms with Crippen molar-refractivity contribution in [2.45, 2.75) is 20.3 Å². The highest BCUT2D eigenvalue weighted by atomic mass is 35.5. The average Bonchev–Trinajstić information content (AvgIpc) is 2.93. The van der Waals surface area contributed by atoms with Crippen molar-refractivity contribution in [3.8, 4) is 5.75 Å². The van der Waals surface area contributed by atoms with E-state index < -0.39 is 0 Å². The fraction of sp³-hybridized carbons (Fsp3) is 0.250. The number of ether oxygens (including phenoxy) is 1. The molecular weight excluding hydrogens is 353 g/mol. The third-order valence-electron chi connectivity index (χ3n) is 3.50. The maximum Gasteiger partial charge on any atom is 0.225 e. The van der Waals surface area contributed by atoms with E-state index in [1.54, 1.807) is 24.5 Å². The number of hydrogen-bond acceptors (Lipinski definition) is 5. The number of fused-ring (bicyclic) bond motifs is 1. The van der Waals surface area contributed by atoms with Crippen LogP contribution in [-0.2, 0) is 6.42 Å². The minimum absolute atomic E-state index is 0.217. The van der Waals surface area contributed by atoms with Crippen molar-refractivity contribution in [3.05, 3.63) is 38.9 Å². The van der Waals surface area contributed by atoms with Crippen LogP contribution < -0.4 is 10.1 Å². The van der Waals surface area contributed by atoms with Crippen LogP contribution in [0.25, 0.3) is 10.2 Å². The molecule has 1 aromatic carbocycles. The molecule has 2 heterocycles. The molecule has 0 saturated carbocycles. The van der Waals surface area contributed by atoms with Gasteiger partial charge in [0.05, 0.1) is 18.2 Å². The van der Waals surface area contributed by atoms with Crippen LogP contribution in [0.2, 0.25) is 10.3 Å². The molecule has 0 unspecified atom stereocenters. The maximum absolute atomic E-state index is 6.16. The first-order chi connectivity index (χ1) is 11.0. The Morgan fingerprint density at radius 1 is 1.22 bits per heavy atom. The van der Waals surface area contributed by atoms with E-state index in [9.17, 15) is 0 Å². The summed E-state index contributed by atoms with van der Waals surface area (Å²) in [5, 5.41) is 5.12. The second-order valence-electron chi connectivity index (χ2n) is 5.05. The first kappa shape index (κ1) is 16.3. The molecule has 1 N–H and O–H groups in total. The zero-order valence-electron chi connectivity index (χ0n) is 12.9. The summed E-state index contributed by atoms with van der Waals surface area (Å²) in [4.78, 5) is 10.7. The van der Waals surface area contributed by atoms with Crippen molar-refractivity contribution >= 4 is 56.3 Å². The Bertz CT molecular complexity index is 879. The van der Waals surface area contributed by atoms with Crippen LogP contribution >= 0.6 is 34.5 Å². The Morgan fingerprint density at radius 3 is 2.70 bits per heavy atom. The molecule has 0 amide bonds. The summed E-state index contributed by atoms with van der Waals surface area (Å²) in [6, 6.07) is 5.80. The molecule has 0 aliphatic heterocycles. The molecule has 3 aromatic rings. The largest absolute Gasteiger partial charge is 0.495 e. The van der Waals surface area contributed by atoms with Crippen LogP contribution in [0.15, 0.2) is 18.2 Å². The number of nitrogens with one attached hydrogen (secondary N) is 1. The number of hydrogen-bond donors (Lipinski definition) is 1. The minimum Gasteiger partial charge on any atom is -0.495 e. The zero-order chi connectivity index (χ0) is 16.6. The molecule has 2 aromatic heterocycles. The zero-order valence-corrected chi connectivity index (χ0v) is 15.2. The Kier molecular flexibility index (Phi) is 4.62. The number of benzene rings is 1. The third-order valence-corrected chi connectivity index (χ3v) is 5.25. The summed E-state index contributed by atoms with van der Waals surface area (Å²) >= 11 is 13.8. The number of methoxy groups -OCH3 is 1. The Hall–Kier alpha value is -1.56. The number of thiophene rings is 1. The molecule has 0 spiro atoms. The van der Waals surface area contributed by atoms with Crippen LogP contribution in [-0.4, -0.2) is 17.1 Å². The van der Waals surface area contributed by atoms with Gasteiger partial charge in [-0.1, -0.05) is 18.5 Å². The van der Waals surface area contributed by atoms with Gasteiger partial charge in [-0.2, -0.15) is 4.98 Å². The monoisotopic (exact) mass is 367 g/mol. The standard InChI is InChI=1S/C16H15Cl2N3OS/c1-4-9-6-10-14(20-16(18)21-15(10)23-9)19-12-5-8(2)11(17)7-13(12)22-3/h5-7H,4H2,1-3H3,(H,19,20,21). The van der Waals surface area contributed by atoms with Gasteiger partial charge in [0, 0.05) is 16.0 Å². The molecule has 0 fully saturated rings. The van der Waals surface area contributed by atoms with Gasteiger partial charge in [-0.3, -0.25) is 0 Å². The predicted molar refractivity (Wildman–Crippen MR) is 97.8 cm³/mol. The number of nitrogens with zero attached hydrogens (tertiary/aromatic N) is 2. The molecule has 3 rings (SSSR count). The van der Waals surface area contributed by atoms with Gasteiger partial charge in [-0.25, -0.2) is 4.98 Å². The van der Waals surface area contributed by atoms with Crippen molar-refractivity contribution in [1.29, 1.82) is 0 Å². The molecule has 0 aliphatic rings. The van der Waals surface area contributed by atoms with Gasteiger partial charge in [0.15, 0.2) is 0 Å². The van der Waals surface area contributed by atoms with Gasteiger partial charge in [-0.15, -0.1) is 11.3 Å². The molecule has 0 radical (unpaired) electrons. The smallest absolute Gasteiger partial charge is 0.225 e. The van der Waals surface area contributed by atoms with Gasteiger partial charge < -0.3 is 10.1 Å². The quantitative estimate of drug-likeness (QED) is 0.607. The van der Waals surface area contributed by atoms with Crippen LogP contribution in [0.4, 0.5) is 11.5 Å². The topological polar surface area (TPSA) is 47.0 Å². The van der Waals surface area contributed by atoms with E-state index in [2.05, 4.69) is 28.3 Å².